The van der Waals surface area contributed by atoms with Crippen LogP contribution < -0.4 is 10.6 Å². The van der Waals surface area contributed by atoms with E-state index in [0.29, 0.717) is 42.0 Å². The molecule has 0 bridgehead atoms. The molecule has 10 heteroatoms. The molecular formula is C35H31F2N5O3. The van der Waals surface area contributed by atoms with E-state index < -0.39 is 11.7 Å². The lowest BCUT2D eigenvalue weighted by atomic mass is 9.93. The summed E-state index contributed by atoms with van der Waals surface area (Å²) in [5, 5.41) is 16.2. The number of hydrogen-bond donors (Lipinski definition) is 4. The average Bonchev–Trinajstić information content (AvgIpc) is 3.41. The van der Waals surface area contributed by atoms with Gasteiger partial charge in [0, 0.05) is 55.6 Å². The Labute approximate surface area is 258 Å². The van der Waals surface area contributed by atoms with Crippen molar-refractivity contribution in [1.82, 2.24) is 20.2 Å². The number of nitrogens with zero attached hydrogens (tertiary/aromatic N) is 2. The molecule has 0 saturated carbocycles. The van der Waals surface area contributed by atoms with Gasteiger partial charge < -0.3 is 25.6 Å². The number of benzene rings is 3. The number of anilines is 2. The van der Waals surface area contributed by atoms with Gasteiger partial charge in [-0.05, 0) is 60.5 Å². The van der Waals surface area contributed by atoms with Crippen molar-refractivity contribution in [3.05, 3.63) is 131 Å². The molecule has 1 aliphatic rings. The Balaban J connectivity index is 1.33. The van der Waals surface area contributed by atoms with E-state index in [1.807, 2.05) is 12.1 Å². The Kier molecular flexibility index (Phi) is 8.28. The molecule has 2 amide bonds. The average molecular weight is 608 g/mol. The first-order valence-electron chi connectivity index (χ1n) is 14.6. The maximum atomic E-state index is 14.7. The first-order valence-corrected chi connectivity index (χ1v) is 14.6. The third-order valence-corrected chi connectivity index (χ3v) is 8.03. The molecule has 0 fully saturated rings. The smallest absolute Gasteiger partial charge is 0.257 e. The highest BCUT2D eigenvalue weighted by molar-refractivity contribution is 6.06. The van der Waals surface area contributed by atoms with Crippen LogP contribution in [0.5, 0.6) is 5.75 Å². The fraction of sp³-hybridized carbons (Fsp3) is 0.171. The second kappa shape index (κ2) is 12.6. The van der Waals surface area contributed by atoms with Crippen LogP contribution in [0.3, 0.4) is 0 Å². The zero-order valence-electron chi connectivity index (χ0n) is 24.5. The lowest BCUT2D eigenvalue weighted by Gasteiger charge is -2.23. The van der Waals surface area contributed by atoms with Crippen LogP contribution in [0.1, 0.15) is 43.6 Å². The number of pyridine rings is 1. The molecule has 1 aliphatic heterocycles. The number of rotatable bonds is 9. The van der Waals surface area contributed by atoms with E-state index in [-0.39, 0.29) is 41.2 Å². The molecule has 0 spiro atoms. The summed E-state index contributed by atoms with van der Waals surface area (Å²) in [4.78, 5) is 35.8. The summed E-state index contributed by atoms with van der Waals surface area (Å²) >= 11 is 0. The molecule has 2 aromatic heterocycles. The van der Waals surface area contributed by atoms with Gasteiger partial charge >= 0.3 is 0 Å². The number of aromatic nitrogens is 2. The number of phenolic OH excluding ortho intramolecular Hbond substituents is 1. The number of phenols is 1. The summed E-state index contributed by atoms with van der Waals surface area (Å²) in [5.41, 5.74) is 4.96. The van der Waals surface area contributed by atoms with E-state index in [1.54, 1.807) is 60.6 Å². The Bertz CT molecular complexity index is 1870. The Morgan fingerprint density at radius 3 is 2.58 bits per heavy atom. The number of fused-ring (bicyclic) bond motifs is 1. The summed E-state index contributed by atoms with van der Waals surface area (Å²) in [6.45, 7) is 0.751. The fourth-order valence-electron chi connectivity index (χ4n) is 5.60. The SMILES string of the molecule is CN1CCc2[nH]c(-c3ccnc(CC(CNC(=O)c4ccccc4O)c4ccc(F)cc4)c3)c(Nc3ccccc3F)c2C1=O. The van der Waals surface area contributed by atoms with Crippen molar-refractivity contribution in [2.75, 3.05) is 25.5 Å². The number of likely N-dealkylation sites (N-methyl/N-ethyl adjacent to an activating group) is 1. The van der Waals surface area contributed by atoms with Gasteiger partial charge in [-0.2, -0.15) is 0 Å². The molecule has 5 aromatic rings. The fourth-order valence-corrected chi connectivity index (χ4v) is 5.60. The second-order valence-corrected chi connectivity index (χ2v) is 11.0. The summed E-state index contributed by atoms with van der Waals surface area (Å²) in [6, 6.07) is 22.4. The van der Waals surface area contributed by atoms with E-state index in [4.69, 9.17) is 0 Å². The van der Waals surface area contributed by atoms with Crippen LogP contribution in [0.4, 0.5) is 20.2 Å². The largest absolute Gasteiger partial charge is 0.507 e. The number of aromatic amines is 1. The lowest BCUT2D eigenvalue weighted by Crippen LogP contribution is -2.34. The van der Waals surface area contributed by atoms with Gasteiger partial charge in [-0.1, -0.05) is 36.4 Å². The van der Waals surface area contributed by atoms with Crippen molar-refractivity contribution < 1.29 is 23.5 Å². The van der Waals surface area contributed by atoms with Crippen LogP contribution in [-0.2, 0) is 12.8 Å². The highest BCUT2D eigenvalue weighted by Crippen LogP contribution is 2.38. The molecule has 3 heterocycles. The lowest BCUT2D eigenvalue weighted by molar-refractivity contribution is 0.0781. The first-order chi connectivity index (χ1) is 21.8. The minimum Gasteiger partial charge on any atom is -0.507 e. The highest BCUT2D eigenvalue weighted by atomic mass is 19.1. The van der Waals surface area contributed by atoms with Crippen LogP contribution in [0.25, 0.3) is 11.3 Å². The quantitative estimate of drug-likeness (QED) is 0.160. The molecule has 45 heavy (non-hydrogen) atoms. The van der Waals surface area contributed by atoms with Gasteiger partial charge in [0.05, 0.1) is 28.2 Å². The number of aromatic hydroxyl groups is 1. The van der Waals surface area contributed by atoms with Gasteiger partial charge in [-0.25, -0.2) is 8.78 Å². The molecule has 228 valence electrons. The number of carbonyl (C=O) groups excluding carboxylic acids is 2. The maximum Gasteiger partial charge on any atom is 0.257 e. The molecule has 0 aliphatic carbocycles. The van der Waals surface area contributed by atoms with Crippen LogP contribution in [0.2, 0.25) is 0 Å². The zero-order chi connectivity index (χ0) is 31.5. The van der Waals surface area contributed by atoms with E-state index in [1.165, 1.54) is 30.3 Å². The van der Waals surface area contributed by atoms with Crippen molar-refractivity contribution in [3.8, 4) is 17.0 Å². The molecular weight excluding hydrogens is 576 g/mol. The predicted octanol–water partition coefficient (Wildman–Crippen LogP) is 6.19. The molecule has 0 radical (unpaired) electrons. The van der Waals surface area contributed by atoms with Crippen LogP contribution >= 0.6 is 0 Å². The number of H-pyrrole nitrogens is 1. The predicted molar refractivity (Wildman–Crippen MR) is 168 cm³/mol. The maximum absolute atomic E-state index is 14.7. The van der Waals surface area contributed by atoms with Crippen molar-refractivity contribution in [2.45, 2.75) is 18.8 Å². The third-order valence-electron chi connectivity index (χ3n) is 8.03. The van der Waals surface area contributed by atoms with Gasteiger partial charge in [0.2, 0.25) is 0 Å². The first kappa shape index (κ1) is 29.6. The highest BCUT2D eigenvalue weighted by Gasteiger charge is 2.30. The number of carbonyl (C=O) groups is 2. The molecule has 3 aromatic carbocycles. The number of amides is 2. The van der Waals surface area contributed by atoms with Crippen molar-refractivity contribution in [3.63, 3.8) is 0 Å². The van der Waals surface area contributed by atoms with E-state index in [0.717, 1.165) is 16.8 Å². The van der Waals surface area contributed by atoms with Gasteiger partial charge in [-0.15, -0.1) is 0 Å². The van der Waals surface area contributed by atoms with Gasteiger partial charge in [0.25, 0.3) is 11.8 Å². The molecule has 0 saturated heterocycles. The van der Waals surface area contributed by atoms with Gasteiger partial charge in [-0.3, -0.25) is 14.6 Å². The van der Waals surface area contributed by atoms with Crippen LogP contribution in [-0.4, -0.2) is 51.9 Å². The zero-order valence-corrected chi connectivity index (χ0v) is 24.5. The number of para-hydroxylation sites is 2. The summed E-state index contributed by atoms with van der Waals surface area (Å²) in [7, 11) is 1.74. The summed E-state index contributed by atoms with van der Waals surface area (Å²) in [5.74, 6) is -1.83. The van der Waals surface area contributed by atoms with E-state index >= 15 is 0 Å². The normalized spacial score (nSPS) is 13.3. The van der Waals surface area contributed by atoms with Gasteiger partial charge in [0.15, 0.2) is 0 Å². The molecule has 1 unspecified atom stereocenters. The summed E-state index contributed by atoms with van der Waals surface area (Å²) < 4.78 is 28.5. The standard InChI is InChI=1S/C35H31F2N5O3/c1-42-17-15-29-31(35(42)45)33(40-28-8-4-3-7-27(28)37)32(41-29)22-14-16-38-25(18-22)19-23(21-10-12-24(36)13-11-21)20-39-34(44)26-6-2-5-9-30(26)43/h2-14,16,18,23,40-41,43H,15,17,19-20H2,1H3,(H,39,44). The molecule has 1 atom stereocenters. The van der Waals surface area contributed by atoms with Crippen molar-refractivity contribution in [1.29, 1.82) is 0 Å². The number of nitrogens with one attached hydrogen (secondary N) is 3. The topological polar surface area (TPSA) is 110 Å². The second-order valence-electron chi connectivity index (χ2n) is 11.0. The summed E-state index contributed by atoms with van der Waals surface area (Å²) in [6.07, 6.45) is 2.66. The Morgan fingerprint density at radius 1 is 1.04 bits per heavy atom. The molecule has 6 rings (SSSR count). The molecule has 8 nitrogen and oxygen atoms in total. The monoisotopic (exact) mass is 607 g/mol. The number of hydrogen-bond acceptors (Lipinski definition) is 5. The minimum atomic E-state index is -0.446. The number of halogens is 2. The minimum absolute atomic E-state index is 0.124. The van der Waals surface area contributed by atoms with Crippen LogP contribution in [0, 0.1) is 11.6 Å². The Morgan fingerprint density at radius 2 is 1.80 bits per heavy atom. The van der Waals surface area contributed by atoms with Crippen molar-refractivity contribution >= 4 is 23.2 Å². The Hall–Kier alpha value is -5.51. The van der Waals surface area contributed by atoms with Crippen LogP contribution in [0.15, 0.2) is 91.1 Å². The van der Waals surface area contributed by atoms with E-state index in [9.17, 15) is 23.5 Å². The molecule has 4 N–H and O–H groups in total. The van der Waals surface area contributed by atoms with Gasteiger partial charge in [0.1, 0.15) is 17.4 Å². The third kappa shape index (κ3) is 6.26. The van der Waals surface area contributed by atoms with E-state index in [2.05, 4.69) is 20.6 Å². The van der Waals surface area contributed by atoms with Crippen molar-refractivity contribution in [2.24, 2.45) is 0 Å².